The second kappa shape index (κ2) is 7.76. The number of nitrogens with one attached hydrogen (secondary N) is 1. The maximum atomic E-state index is 11.6. The zero-order valence-electron chi connectivity index (χ0n) is 11.9. The first-order valence-corrected chi connectivity index (χ1v) is 8.01. The molecule has 1 heterocycles. The van der Waals surface area contributed by atoms with Crippen molar-refractivity contribution in [2.75, 3.05) is 12.9 Å². The molecule has 9 heteroatoms. The molecule has 0 aliphatic heterocycles. The van der Waals surface area contributed by atoms with Gasteiger partial charge in [0.1, 0.15) is 5.01 Å². The van der Waals surface area contributed by atoms with Gasteiger partial charge in [0.25, 0.3) is 5.91 Å². The van der Waals surface area contributed by atoms with Gasteiger partial charge in [0.2, 0.25) is 0 Å². The van der Waals surface area contributed by atoms with E-state index in [1.54, 1.807) is 18.2 Å². The van der Waals surface area contributed by atoms with Gasteiger partial charge >= 0.3 is 0 Å². The third kappa shape index (κ3) is 4.43. The normalized spacial score (nSPS) is 10.8. The SMILES string of the molecule is COc1cccc(C=NNC(=O)CSc2nnc(C)s2)c1O. The van der Waals surface area contributed by atoms with E-state index >= 15 is 0 Å². The Balaban J connectivity index is 1.85. The number of hydrogen-bond donors (Lipinski definition) is 2. The van der Waals surface area contributed by atoms with Gasteiger partial charge in [-0.1, -0.05) is 29.2 Å². The lowest BCUT2D eigenvalue weighted by molar-refractivity contribution is -0.118. The molecule has 2 aromatic rings. The summed E-state index contributed by atoms with van der Waals surface area (Å²) in [4.78, 5) is 11.6. The summed E-state index contributed by atoms with van der Waals surface area (Å²) in [5.74, 6) is 0.242. The van der Waals surface area contributed by atoms with Crippen molar-refractivity contribution in [2.45, 2.75) is 11.3 Å². The Morgan fingerprint density at radius 3 is 3.05 bits per heavy atom. The van der Waals surface area contributed by atoms with E-state index in [-0.39, 0.29) is 17.4 Å². The summed E-state index contributed by atoms with van der Waals surface area (Å²) < 4.78 is 5.73. The molecule has 0 radical (unpaired) electrons. The second-order valence-electron chi connectivity index (χ2n) is 4.07. The predicted molar refractivity (Wildman–Crippen MR) is 85.8 cm³/mol. The molecule has 0 bridgehead atoms. The van der Waals surface area contributed by atoms with Gasteiger partial charge in [-0.2, -0.15) is 5.10 Å². The average Bonchev–Trinajstić information content (AvgIpc) is 2.92. The highest BCUT2D eigenvalue weighted by molar-refractivity contribution is 8.01. The second-order valence-corrected chi connectivity index (χ2v) is 6.47. The smallest absolute Gasteiger partial charge is 0.250 e. The number of para-hydroxylation sites is 1. The number of carbonyl (C=O) groups is 1. The third-order valence-corrected chi connectivity index (χ3v) is 4.45. The summed E-state index contributed by atoms with van der Waals surface area (Å²) in [6, 6.07) is 5.01. The van der Waals surface area contributed by atoms with Gasteiger partial charge in [-0.25, -0.2) is 5.43 Å². The first-order chi connectivity index (χ1) is 10.6. The molecule has 0 saturated heterocycles. The predicted octanol–water partition coefficient (Wildman–Crippen LogP) is 1.80. The van der Waals surface area contributed by atoms with Crippen LogP contribution in [0.2, 0.25) is 0 Å². The van der Waals surface area contributed by atoms with Crippen molar-refractivity contribution in [1.82, 2.24) is 15.6 Å². The number of benzene rings is 1. The van der Waals surface area contributed by atoms with Crippen molar-refractivity contribution < 1.29 is 14.6 Å². The number of aromatic nitrogens is 2. The Morgan fingerprint density at radius 2 is 2.36 bits per heavy atom. The minimum atomic E-state index is -0.267. The third-order valence-electron chi connectivity index (χ3n) is 2.48. The number of rotatable bonds is 6. The van der Waals surface area contributed by atoms with Crippen LogP contribution in [0.3, 0.4) is 0 Å². The molecule has 22 heavy (non-hydrogen) atoms. The van der Waals surface area contributed by atoms with E-state index < -0.39 is 0 Å². The molecule has 1 aromatic carbocycles. The summed E-state index contributed by atoms with van der Waals surface area (Å²) in [5.41, 5.74) is 2.84. The van der Waals surface area contributed by atoms with Crippen LogP contribution in [-0.2, 0) is 4.79 Å². The number of aromatic hydroxyl groups is 1. The Morgan fingerprint density at radius 1 is 1.55 bits per heavy atom. The maximum absolute atomic E-state index is 11.6. The Hall–Kier alpha value is -2.13. The molecule has 2 N–H and O–H groups in total. The van der Waals surface area contributed by atoms with E-state index in [1.165, 1.54) is 36.4 Å². The molecule has 0 aliphatic rings. The van der Waals surface area contributed by atoms with Crippen molar-refractivity contribution in [3.63, 3.8) is 0 Å². The number of thioether (sulfide) groups is 1. The lowest BCUT2D eigenvalue weighted by atomic mass is 10.2. The van der Waals surface area contributed by atoms with Crippen molar-refractivity contribution in [3.8, 4) is 11.5 Å². The van der Waals surface area contributed by atoms with Gasteiger partial charge in [-0.3, -0.25) is 4.79 Å². The number of carbonyl (C=O) groups excluding carboxylic acids is 1. The Bertz CT molecular complexity index is 688. The van der Waals surface area contributed by atoms with E-state index in [2.05, 4.69) is 20.7 Å². The van der Waals surface area contributed by atoms with Crippen LogP contribution in [0, 0.1) is 6.92 Å². The largest absolute Gasteiger partial charge is 0.504 e. The molecular formula is C13H14N4O3S2. The molecule has 1 amide bonds. The van der Waals surface area contributed by atoms with Gasteiger partial charge in [0.05, 0.1) is 19.1 Å². The van der Waals surface area contributed by atoms with Crippen molar-refractivity contribution >= 4 is 35.2 Å². The van der Waals surface area contributed by atoms with Crippen molar-refractivity contribution in [3.05, 3.63) is 28.8 Å². The Kier molecular flexibility index (Phi) is 5.73. The number of amides is 1. The number of hydrazone groups is 1. The fraction of sp³-hybridized carbons (Fsp3) is 0.231. The summed E-state index contributed by atoms with van der Waals surface area (Å²) in [5, 5.41) is 22.3. The lowest BCUT2D eigenvalue weighted by Gasteiger charge is -2.04. The quantitative estimate of drug-likeness (QED) is 0.474. The fourth-order valence-electron chi connectivity index (χ4n) is 1.48. The molecule has 0 aliphatic carbocycles. The molecular weight excluding hydrogens is 324 g/mol. The van der Waals surface area contributed by atoms with Crippen LogP contribution in [0.5, 0.6) is 11.5 Å². The van der Waals surface area contributed by atoms with Crippen molar-refractivity contribution in [2.24, 2.45) is 5.10 Å². The van der Waals surface area contributed by atoms with Gasteiger partial charge in [-0.05, 0) is 19.1 Å². The highest BCUT2D eigenvalue weighted by Gasteiger charge is 2.07. The molecule has 0 atom stereocenters. The number of ether oxygens (including phenoxy) is 1. The molecule has 0 saturated carbocycles. The van der Waals surface area contributed by atoms with E-state index in [0.29, 0.717) is 11.3 Å². The average molecular weight is 338 g/mol. The number of phenolic OH excluding ortho intramolecular Hbond substituents is 1. The number of nitrogens with zero attached hydrogens (tertiary/aromatic N) is 3. The first kappa shape index (κ1) is 16.2. The zero-order valence-corrected chi connectivity index (χ0v) is 13.6. The molecule has 0 fully saturated rings. The number of methoxy groups -OCH3 is 1. The van der Waals surface area contributed by atoms with Gasteiger partial charge in [-0.15, -0.1) is 10.2 Å². The summed E-state index contributed by atoms with van der Waals surface area (Å²) >= 11 is 2.73. The van der Waals surface area contributed by atoms with Crippen LogP contribution in [0.25, 0.3) is 0 Å². The van der Waals surface area contributed by atoms with E-state index in [0.717, 1.165) is 9.35 Å². The van der Waals surface area contributed by atoms with Gasteiger partial charge in [0.15, 0.2) is 15.8 Å². The maximum Gasteiger partial charge on any atom is 0.250 e. The lowest BCUT2D eigenvalue weighted by Crippen LogP contribution is -2.19. The van der Waals surface area contributed by atoms with Crippen LogP contribution in [0.1, 0.15) is 10.6 Å². The molecule has 116 valence electrons. The molecule has 7 nitrogen and oxygen atoms in total. The van der Waals surface area contributed by atoms with Crippen LogP contribution < -0.4 is 10.2 Å². The fourth-order valence-corrected chi connectivity index (χ4v) is 3.09. The minimum absolute atomic E-state index is 0.0262. The minimum Gasteiger partial charge on any atom is -0.504 e. The standard InChI is InChI=1S/C13H14N4O3S2/c1-8-15-17-13(22-8)21-7-11(18)16-14-6-9-4-3-5-10(20-2)12(9)19/h3-6,19H,7H2,1-2H3,(H,16,18). The summed E-state index contributed by atoms with van der Waals surface area (Å²) in [6.07, 6.45) is 1.36. The number of phenols is 1. The summed E-state index contributed by atoms with van der Waals surface area (Å²) in [7, 11) is 1.46. The molecule has 2 rings (SSSR count). The molecule has 0 spiro atoms. The first-order valence-electron chi connectivity index (χ1n) is 6.21. The number of hydrogen-bond acceptors (Lipinski definition) is 8. The highest BCUT2D eigenvalue weighted by atomic mass is 32.2. The zero-order chi connectivity index (χ0) is 15.9. The van der Waals surface area contributed by atoms with E-state index in [1.807, 2.05) is 6.92 Å². The van der Waals surface area contributed by atoms with Crippen LogP contribution in [0.15, 0.2) is 27.6 Å². The monoisotopic (exact) mass is 338 g/mol. The Labute approximate surface area is 135 Å². The van der Waals surface area contributed by atoms with Crippen LogP contribution in [-0.4, -0.2) is 40.3 Å². The van der Waals surface area contributed by atoms with E-state index in [9.17, 15) is 9.90 Å². The topological polar surface area (TPSA) is 96.7 Å². The highest BCUT2D eigenvalue weighted by Crippen LogP contribution is 2.27. The van der Waals surface area contributed by atoms with Crippen molar-refractivity contribution in [1.29, 1.82) is 0 Å². The molecule has 1 aromatic heterocycles. The van der Waals surface area contributed by atoms with Gasteiger partial charge in [0, 0.05) is 5.56 Å². The van der Waals surface area contributed by atoms with Crippen LogP contribution >= 0.6 is 23.1 Å². The van der Waals surface area contributed by atoms with Crippen LogP contribution in [0.4, 0.5) is 0 Å². The summed E-state index contributed by atoms with van der Waals surface area (Å²) in [6.45, 7) is 1.85. The molecule has 0 unspecified atom stereocenters. The van der Waals surface area contributed by atoms with E-state index in [4.69, 9.17) is 4.74 Å². The van der Waals surface area contributed by atoms with Gasteiger partial charge < -0.3 is 9.84 Å². The number of aryl methyl sites for hydroxylation is 1.